The van der Waals surface area contributed by atoms with Crippen LogP contribution in [-0.4, -0.2) is 37.4 Å². The van der Waals surface area contributed by atoms with Crippen molar-refractivity contribution in [2.24, 2.45) is 5.10 Å². The van der Waals surface area contributed by atoms with Gasteiger partial charge in [-0.1, -0.05) is 18.2 Å². The lowest BCUT2D eigenvalue weighted by atomic mass is 9.98. The highest BCUT2D eigenvalue weighted by Gasteiger charge is 2.23. The Labute approximate surface area is 177 Å². The minimum Gasteiger partial charge on any atom is -0.494 e. The van der Waals surface area contributed by atoms with Crippen molar-refractivity contribution in [1.29, 1.82) is 0 Å². The minimum absolute atomic E-state index is 0.0186. The molecule has 3 heterocycles. The average molecular weight is 423 g/mol. The van der Waals surface area contributed by atoms with Crippen molar-refractivity contribution < 1.29 is 9.50 Å². The molecule has 0 saturated carbocycles. The lowest BCUT2D eigenvalue weighted by Gasteiger charge is -2.33. The van der Waals surface area contributed by atoms with E-state index in [1.807, 2.05) is 17.1 Å². The summed E-state index contributed by atoms with van der Waals surface area (Å²) in [7, 11) is 0. The molecular weight excluding hydrogens is 401 g/mol. The van der Waals surface area contributed by atoms with E-state index in [9.17, 15) is 19.1 Å². The zero-order valence-corrected chi connectivity index (χ0v) is 16.7. The highest BCUT2D eigenvalue weighted by Crippen LogP contribution is 2.30. The Bertz CT molecular complexity index is 1190. The van der Waals surface area contributed by atoms with E-state index < -0.39 is 22.9 Å². The van der Waals surface area contributed by atoms with Crippen LogP contribution >= 0.6 is 0 Å². The van der Waals surface area contributed by atoms with Gasteiger partial charge in [-0.25, -0.2) is 9.18 Å². The van der Waals surface area contributed by atoms with Crippen LogP contribution in [0.5, 0.6) is 5.88 Å². The van der Waals surface area contributed by atoms with Crippen molar-refractivity contribution in [1.82, 2.24) is 19.5 Å². The molecule has 1 aromatic carbocycles. The molecule has 4 rings (SSSR count). The Morgan fingerprint density at radius 2 is 2.03 bits per heavy atom. The summed E-state index contributed by atoms with van der Waals surface area (Å²) in [5.74, 6) is -0.893. The van der Waals surface area contributed by atoms with Crippen LogP contribution in [0.1, 0.15) is 42.0 Å². The van der Waals surface area contributed by atoms with Gasteiger partial charge in [-0.3, -0.25) is 24.3 Å². The molecule has 0 unspecified atom stereocenters. The van der Waals surface area contributed by atoms with Crippen molar-refractivity contribution in [2.75, 3.05) is 6.54 Å². The topological polar surface area (TPSA) is 104 Å². The molecular formula is C22H22FN5O3. The minimum atomic E-state index is -0.754. The van der Waals surface area contributed by atoms with Crippen LogP contribution in [-0.2, 0) is 6.54 Å². The summed E-state index contributed by atoms with van der Waals surface area (Å²) >= 11 is 0. The van der Waals surface area contributed by atoms with Crippen LogP contribution in [0.3, 0.4) is 0 Å². The summed E-state index contributed by atoms with van der Waals surface area (Å²) < 4.78 is 14.2. The van der Waals surface area contributed by atoms with Gasteiger partial charge in [-0.15, -0.1) is 0 Å². The van der Waals surface area contributed by atoms with Gasteiger partial charge in [0.1, 0.15) is 11.4 Å². The largest absolute Gasteiger partial charge is 0.494 e. The van der Waals surface area contributed by atoms with Crippen molar-refractivity contribution >= 4 is 6.21 Å². The fourth-order valence-electron chi connectivity index (χ4n) is 3.71. The number of aromatic amines is 1. The molecule has 0 aliphatic carbocycles. The van der Waals surface area contributed by atoms with Crippen molar-refractivity contribution in [2.45, 2.75) is 31.8 Å². The number of nitrogens with zero attached hydrogens (tertiary/aromatic N) is 4. The molecule has 0 radical (unpaired) electrons. The van der Waals surface area contributed by atoms with E-state index >= 15 is 0 Å². The Morgan fingerprint density at radius 1 is 1.23 bits per heavy atom. The molecule has 2 aromatic heterocycles. The van der Waals surface area contributed by atoms with E-state index in [0.29, 0.717) is 12.1 Å². The lowest BCUT2D eigenvalue weighted by molar-refractivity contribution is 0.156. The summed E-state index contributed by atoms with van der Waals surface area (Å²) in [5.41, 5.74) is 0.0316. The van der Waals surface area contributed by atoms with Gasteiger partial charge in [0.15, 0.2) is 0 Å². The van der Waals surface area contributed by atoms with E-state index in [4.69, 9.17) is 0 Å². The third-order valence-electron chi connectivity index (χ3n) is 5.34. The number of nitrogens with one attached hydrogen (secondary N) is 1. The molecule has 0 amide bonds. The first-order valence-corrected chi connectivity index (χ1v) is 10.0. The van der Waals surface area contributed by atoms with Crippen LogP contribution in [0.2, 0.25) is 0 Å². The number of hydrazone groups is 1. The first kappa shape index (κ1) is 20.5. The van der Waals surface area contributed by atoms with Gasteiger partial charge in [0.25, 0.3) is 5.56 Å². The molecule has 8 nitrogen and oxygen atoms in total. The molecule has 1 saturated heterocycles. The number of rotatable bonds is 5. The lowest BCUT2D eigenvalue weighted by Crippen LogP contribution is -2.33. The number of halogens is 1. The zero-order chi connectivity index (χ0) is 21.8. The molecule has 0 spiro atoms. The summed E-state index contributed by atoms with van der Waals surface area (Å²) in [6.45, 7) is 0.675. The second-order valence-corrected chi connectivity index (χ2v) is 7.41. The average Bonchev–Trinajstić information content (AvgIpc) is 2.78. The zero-order valence-electron chi connectivity index (χ0n) is 16.7. The number of aromatic hydroxyl groups is 1. The summed E-state index contributed by atoms with van der Waals surface area (Å²) in [4.78, 5) is 31.0. The Hall–Kier alpha value is -3.75. The first-order valence-electron chi connectivity index (χ1n) is 10.0. The van der Waals surface area contributed by atoms with E-state index in [0.717, 1.165) is 29.4 Å². The van der Waals surface area contributed by atoms with E-state index in [-0.39, 0.29) is 18.2 Å². The predicted molar refractivity (Wildman–Crippen MR) is 114 cm³/mol. The fourth-order valence-corrected chi connectivity index (χ4v) is 3.71. The Morgan fingerprint density at radius 3 is 2.77 bits per heavy atom. The van der Waals surface area contributed by atoms with Crippen molar-refractivity contribution in [3.63, 3.8) is 0 Å². The van der Waals surface area contributed by atoms with Gasteiger partial charge in [0.05, 0.1) is 18.8 Å². The van der Waals surface area contributed by atoms with Gasteiger partial charge in [-0.05, 0) is 48.6 Å². The number of H-pyrrole nitrogens is 1. The maximum atomic E-state index is 13.1. The second-order valence-electron chi connectivity index (χ2n) is 7.41. The van der Waals surface area contributed by atoms with Crippen LogP contribution in [0.15, 0.2) is 63.5 Å². The van der Waals surface area contributed by atoms with E-state index in [1.165, 1.54) is 30.5 Å². The first-order chi connectivity index (χ1) is 15.0. The Kier molecular flexibility index (Phi) is 5.92. The van der Waals surface area contributed by atoms with Crippen molar-refractivity contribution in [3.8, 4) is 5.88 Å². The monoisotopic (exact) mass is 423 g/mol. The molecule has 31 heavy (non-hydrogen) atoms. The van der Waals surface area contributed by atoms with Gasteiger partial charge in [0, 0.05) is 18.9 Å². The normalized spacial score (nSPS) is 16.7. The number of hydrogen-bond acceptors (Lipinski definition) is 6. The molecule has 1 atom stereocenters. The van der Waals surface area contributed by atoms with Gasteiger partial charge in [-0.2, -0.15) is 5.10 Å². The SMILES string of the molecule is O=c1[nH]c(=O)n(Cc2ccc(F)cc2)c(O)c1C=NN1CCCC[C@H]1c1cccnc1. The third kappa shape index (κ3) is 4.55. The van der Waals surface area contributed by atoms with Gasteiger partial charge < -0.3 is 5.11 Å². The highest BCUT2D eigenvalue weighted by atomic mass is 19.1. The number of pyridine rings is 1. The van der Waals surface area contributed by atoms with E-state index in [2.05, 4.69) is 15.1 Å². The van der Waals surface area contributed by atoms with Crippen LogP contribution in [0, 0.1) is 5.82 Å². The highest BCUT2D eigenvalue weighted by molar-refractivity contribution is 5.81. The number of piperidine rings is 1. The summed E-state index contributed by atoms with van der Waals surface area (Å²) in [6.07, 6.45) is 7.70. The maximum Gasteiger partial charge on any atom is 0.331 e. The molecule has 9 heteroatoms. The van der Waals surface area contributed by atoms with E-state index in [1.54, 1.807) is 12.4 Å². The number of benzene rings is 1. The van der Waals surface area contributed by atoms with Gasteiger partial charge >= 0.3 is 5.69 Å². The maximum absolute atomic E-state index is 13.1. The fraction of sp³-hybridized carbons (Fsp3) is 0.273. The standard InChI is InChI=1S/C22H22FN5O3/c23-17-8-6-15(7-9-17)14-27-21(30)18(20(29)26-22(27)31)13-25-28-11-2-1-5-19(28)16-4-3-10-24-12-16/h3-4,6-10,12-13,19,30H,1-2,5,11,14H2,(H,26,29,31)/t19-/m0/s1. The molecule has 1 aliphatic heterocycles. The van der Waals surface area contributed by atoms with Crippen molar-refractivity contribution in [3.05, 3.63) is 92.1 Å². The molecule has 160 valence electrons. The quantitative estimate of drug-likeness (QED) is 0.614. The molecule has 1 fully saturated rings. The van der Waals surface area contributed by atoms with Gasteiger partial charge in [0.2, 0.25) is 5.88 Å². The smallest absolute Gasteiger partial charge is 0.331 e. The summed E-state index contributed by atoms with van der Waals surface area (Å²) in [5, 5.41) is 17.0. The third-order valence-corrected chi connectivity index (χ3v) is 5.34. The molecule has 2 N–H and O–H groups in total. The van der Waals surface area contributed by atoms with Crippen LogP contribution in [0.4, 0.5) is 4.39 Å². The molecule has 1 aliphatic rings. The number of hydrogen-bond donors (Lipinski definition) is 2. The Balaban J connectivity index is 1.64. The van der Waals surface area contributed by atoms with Crippen LogP contribution in [0.25, 0.3) is 0 Å². The van der Waals surface area contributed by atoms with Crippen LogP contribution < -0.4 is 11.2 Å². The molecule has 0 bridgehead atoms. The predicted octanol–water partition coefficient (Wildman–Crippen LogP) is 2.39. The molecule has 3 aromatic rings. The summed E-state index contributed by atoms with van der Waals surface area (Å²) in [6, 6.07) is 9.41. The second kappa shape index (κ2) is 8.95. The number of aromatic nitrogens is 3.